The Morgan fingerprint density at radius 3 is 2.42 bits per heavy atom. The number of carbonyl (C=O) groups is 1. The smallest absolute Gasteiger partial charge is 0.330 e. The molecule has 0 saturated heterocycles. The zero-order valence-corrected chi connectivity index (χ0v) is 19.2. The minimum absolute atomic E-state index is 0.0637. The number of anilines is 1. The molecule has 1 N–H and O–H groups in total. The largest absolute Gasteiger partial charge is 0.493 e. The number of rotatable bonds is 7. The molecule has 0 saturated carbocycles. The molecule has 0 spiro atoms. The lowest BCUT2D eigenvalue weighted by Gasteiger charge is -2.16. The molecule has 0 atom stereocenters. The molecule has 7 nitrogen and oxygen atoms in total. The molecule has 33 heavy (non-hydrogen) atoms. The van der Waals surface area contributed by atoms with E-state index in [1.54, 1.807) is 12.1 Å². The third-order valence-electron chi connectivity index (χ3n) is 5.42. The van der Waals surface area contributed by atoms with E-state index in [1.165, 1.54) is 50.7 Å². The van der Waals surface area contributed by atoms with Crippen LogP contribution in [0.3, 0.4) is 0 Å². The van der Waals surface area contributed by atoms with Crippen LogP contribution >= 0.6 is 0 Å². The van der Waals surface area contributed by atoms with Crippen LogP contribution in [0.2, 0.25) is 0 Å². The maximum Gasteiger partial charge on any atom is 0.330 e. The second kappa shape index (κ2) is 8.99. The fourth-order valence-electron chi connectivity index (χ4n) is 3.90. The zero-order valence-electron chi connectivity index (χ0n) is 18.4. The summed E-state index contributed by atoms with van der Waals surface area (Å²) < 4.78 is 44.6. The van der Waals surface area contributed by atoms with Crippen LogP contribution in [0.15, 0.2) is 65.6 Å². The second-order valence-corrected chi connectivity index (χ2v) is 9.07. The van der Waals surface area contributed by atoms with Crippen molar-refractivity contribution in [2.45, 2.75) is 11.3 Å². The monoisotopic (exact) mass is 465 g/mol. The Balaban J connectivity index is 1.70. The van der Waals surface area contributed by atoms with E-state index < -0.39 is 16.0 Å². The van der Waals surface area contributed by atoms with Crippen molar-refractivity contribution in [3.8, 4) is 22.6 Å². The highest BCUT2D eigenvalue weighted by Gasteiger charge is 2.25. The summed E-state index contributed by atoms with van der Waals surface area (Å²) >= 11 is 0. The lowest BCUT2D eigenvalue weighted by atomic mass is 10.1. The summed E-state index contributed by atoms with van der Waals surface area (Å²) in [5, 5.41) is 0. The molecule has 0 aliphatic heterocycles. The standard InChI is InChI=1S/C25H23NO6S/c1-30-22-12-16(8-11-24(27)31-2)13-23(25(22)32-3)33(28,29)26-19-9-10-21-18(15-19)14-17-6-4-5-7-20(17)21/h4-13,15,26H,14H2,1-3H3/b11-8+. The van der Waals surface area contributed by atoms with Crippen molar-refractivity contribution in [1.29, 1.82) is 0 Å². The highest BCUT2D eigenvalue weighted by Crippen LogP contribution is 2.39. The summed E-state index contributed by atoms with van der Waals surface area (Å²) in [5.74, 6) is -0.283. The topological polar surface area (TPSA) is 90.9 Å². The molecule has 1 aliphatic rings. The van der Waals surface area contributed by atoms with Gasteiger partial charge in [-0.15, -0.1) is 0 Å². The van der Waals surface area contributed by atoms with E-state index in [2.05, 4.69) is 21.6 Å². The first kappa shape index (κ1) is 22.4. The van der Waals surface area contributed by atoms with Gasteiger partial charge in [0.05, 0.1) is 21.3 Å². The van der Waals surface area contributed by atoms with Crippen LogP contribution in [-0.2, 0) is 26.0 Å². The zero-order chi connectivity index (χ0) is 23.6. The fourth-order valence-corrected chi connectivity index (χ4v) is 5.16. The molecule has 3 aromatic carbocycles. The Morgan fingerprint density at radius 1 is 0.939 bits per heavy atom. The molecule has 0 unspecified atom stereocenters. The number of methoxy groups -OCH3 is 3. The van der Waals surface area contributed by atoms with Gasteiger partial charge in [-0.25, -0.2) is 13.2 Å². The number of ether oxygens (including phenoxy) is 3. The van der Waals surface area contributed by atoms with Crippen LogP contribution in [-0.4, -0.2) is 35.7 Å². The number of fused-ring (bicyclic) bond motifs is 3. The van der Waals surface area contributed by atoms with Crippen LogP contribution in [0.4, 0.5) is 5.69 Å². The first-order valence-corrected chi connectivity index (χ1v) is 11.6. The van der Waals surface area contributed by atoms with Gasteiger partial charge in [0.2, 0.25) is 0 Å². The van der Waals surface area contributed by atoms with Gasteiger partial charge in [0.1, 0.15) is 4.90 Å². The van der Waals surface area contributed by atoms with E-state index in [1.807, 2.05) is 24.3 Å². The van der Waals surface area contributed by atoms with Gasteiger partial charge in [0.15, 0.2) is 11.5 Å². The Labute approximate surface area is 192 Å². The molecular weight excluding hydrogens is 442 g/mol. The third-order valence-corrected chi connectivity index (χ3v) is 6.80. The molecule has 0 heterocycles. The number of sulfonamides is 1. The average Bonchev–Trinajstić information content (AvgIpc) is 3.19. The molecule has 0 fully saturated rings. The van der Waals surface area contributed by atoms with Gasteiger partial charge in [0.25, 0.3) is 10.0 Å². The van der Waals surface area contributed by atoms with Gasteiger partial charge in [-0.2, -0.15) is 0 Å². The summed E-state index contributed by atoms with van der Waals surface area (Å²) in [4.78, 5) is 11.4. The highest BCUT2D eigenvalue weighted by molar-refractivity contribution is 7.92. The highest BCUT2D eigenvalue weighted by atomic mass is 32.2. The van der Waals surface area contributed by atoms with Gasteiger partial charge >= 0.3 is 5.97 Å². The molecule has 0 amide bonds. The van der Waals surface area contributed by atoms with Crippen LogP contribution < -0.4 is 14.2 Å². The van der Waals surface area contributed by atoms with E-state index in [0.717, 1.165) is 17.5 Å². The van der Waals surface area contributed by atoms with Crippen molar-refractivity contribution < 1.29 is 27.4 Å². The minimum Gasteiger partial charge on any atom is -0.493 e. The number of benzene rings is 3. The summed E-state index contributed by atoms with van der Waals surface area (Å²) in [6.45, 7) is 0. The van der Waals surface area contributed by atoms with Crippen molar-refractivity contribution in [3.63, 3.8) is 0 Å². The van der Waals surface area contributed by atoms with E-state index in [9.17, 15) is 13.2 Å². The van der Waals surface area contributed by atoms with E-state index in [0.29, 0.717) is 11.3 Å². The molecule has 0 radical (unpaired) electrons. The lowest BCUT2D eigenvalue weighted by molar-refractivity contribution is -0.134. The average molecular weight is 466 g/mol. The first-order chi connectivity index (χ1) is 15.9. The van der Waals surface area contributed by atoms with Crippen molar-refractivity contribution >= 4 is 27.8 Å². The number of hydrogen-bond acceptors (Lipinski definition) is 6. The maximum atomic E-state index is 13.4. The van der Waals surface area contributed by atoms with E-state index in [4.69, 9.17) is 9.47 Å². The number of carbonyl (C=O) groups excluding carboxylic acids is 1. The maximum absolute atomic E-state index is 13.4. The van der Waals surface area contributed by atoms with E-state index in [-0.39, 0.29) is 16.4 Å². The van der Waals surface area contributed by atoms with Crippen LogP contribution in [0.25, 0.3) is 17.2 Å². The molecule has 4 rings (SSSR count). The Bertz CT molecular complexity index is 1360. The predicted molar refractivity (Wildman–Crippen MR) is 126 cm³/mol. The van der Waals surface area contributed by atoms with Crippen LogP contribution in [0.1, 0.15) is 16.7 Å². The molecule has 3 aromatic rings. The summed E-state index contributed by atoms with van der Waals surface area (Å²) in [6, 6.07) is 16.6. The van der Waals surface area contributed by atoms with Gasteiger partial charge < -0.3 is 14.2 Å². The van der Waals surface area contributed by atoms with Crippen molar-refractivity contribution in [3.05, 3.63) is 77.4 Å². The number of nitrogens with one attached hydrogen (secondary N) is 1. The van der Waals surface area contributed by atoms with E-state index >= 15 is 0 Å². The quantitative estimate of drug-likeness (QED) is 0.324. The summed E-state index contributed by atoms with van der Waals surface area (Å²) in [5.41, 5.74) is 5.40. The lowest BCUT2D eigenvalue weighted by Crippen LogP contribution is -2.15. The fraction of sp³-hybridized carbons (Fsp3) is 0.160. The van der Waals surface area contributed by atoms with Gasteiger partial charge in [-0.1, -0.05) is 30.3 Å². The molecular formula is C25H23NO6S. The SMILES string of the molecule is COC(=O)/C=C/c1cc(OC)c(OC)c(S(=O)(=O)Nc2ccc3c(c2)Cc2ccccc2-3)c1. The van der Waals surface area contributed by atoms with Gasteiger partial charge in [0, 0.05) is 11.8 Å². The van der Waals surface area contributed by atoms with Gasteiger partial charge in [-0.05, 0) is 64.6 Å². The predicted octanol–water partition coefficient (Wildman–Crippen LogP) is 4.26. The number of esters is 1. The molecule has 0 bridgehead atoms. The van der Waals surface area contributed by atoms with Crippen molar-refractivity contribution in [2.75, 3.05) is 26.1 Å². The van der Waals surface area contributed by atoms with Crippen molar-refractivity contribution in [2.24, 2.45) is 0 Å². The Kier molecular flexibility index (Phi) is 6.11. The minimum atomic E-state index is -4.05. The Morgan fingerprint density at radius 2 is 1.70 bits per heavy atom. The third kappa shape index (κ3) is 4.42. The second-order valence-electron chi connectivity index (χ2n) is 7.42. The number of hydrogen-bond donors (Lipinski definition) is 1. The van der Waals surface area contributed by atoms with Crippen molar-refractivity contribution in [1.82, 2.24) is 0 Å². The normalized spacial score (nSPS) is 12.2. The Hall–Kier alpha value is -3.78. The summed E-state index contributed by atoms with van der Waals surface area (Å²) in [7, 11) is -0.00620. The molecule has 8 heteroatoms. The molecule has 0 aromatic heterocycles. The van der Waals surface area contributed by atoms with Gasteiger partial charge in [-0.3, -0.25) is 4.72 Å². The van der Waals surface area contributed by atoms with Crippen LogP contribution in [0, 0.1) is 0 Å². The summed E-state index contributed by atoms with van der Waals surface area (Å²) in [6.07, 6.45) is 3.38. The molecule has 1 aliphatic carbocycles. The molecule has 170 valence electrons. The van der Waals surface area contributed by atoms with Crippen LogP contribution in [0.5, 0.6) is 11.5 Å². The first-order valence-electron chi connectivity index (χ1n) is 10.1.